The maximum Gasteiger partial charge on any atom is 0.0650 e. The fourth-order valence-electron chi connectivity index (χ4n) is 1.58. The first kappa shape index (κ1) is 15.6. The van der Waals surface area contributed by atoms with Crippen molar-refractivity contribution in [3.63, 3.8) is 0 Å². The fraction of sp³-hybridized carbons (Fsp3) is 0.467. The van der Waals surface area contributed by atoms with Crippen LogP contribution in [0.15, 0.2) is 24.3 Å². The van der Waals surface area contributed by atoms with Crippen LogP contribution in [-0.4, -0.2) is 13.2 Å². The van der Waals surface area contributed by atoms with Crippen molar-refractivity contribution in [1.29, 1.82) is 0 Å². The van der Waals surface area contributed by atoms with Crippen molar-refractivity contribution in [2.75, 3.05) is 13.2 Å². The van der Waals surface area contributed by atoms with E-state index < -0.39 is 0 Å². The summed E-state index contributed by atoms with van der Waals surface area (Å²) in [6.07, 6.45) is 8.95. The molecule has 0 amide bonds. The molecule has 1 aromatic rings. The molecule has 0 saturated heterocycles. The molecular formula is C15H20Cl2O. The smallest absolute Gasteiger partial charge is 0.0650 e. The van der Waals surface area contributed by atoms with Crippen molar-refractivity contribution in [3.8, 4) is 0 Å². The van der Waals surface area contributed by atoms with Crippen LogP contribution >= 0.6 is 23.2 Å². The third-order valence-electron chi connectivity index (χ3n) is 2.61. The Balaban J connectivity index is 2.18. The average Bonchev–Trinajstić information content (AvgIpc) is 2.37. The van der Waals surface area contributed by atoms with E-state index in [0.29, 0.717) is 16.7 Å². The van der Waals surface area contributed by atoms with Gasteiger partial charge in [-0.25, -0.2) is 0 Å². The van der Waals surface area contributed by atoms with E-state index in [0.717, 1.165) is 18.6 Å². The summed E-state index contributed by atoms with van der Waals surface area (Å²) < 4.78 is 5.51. The monoisotopic (exact) mass is 286 g/mol. The first-order chi connectivity index (χ1) is 8.74. The molecule has 1 nitrogen and oxygen atoms in total. The molecule has 1 rings (SSSR count). The lowest BCUT2D eigenvalue weighted by atomic mass is 10.2. The second-order valence-corrected chi connectivity index (χ2v) is 5.03. The van der Waals surface area contributed by atoms with Crippen molar-refractivity contribution < 1.29 is 4.74 Å². The normalized spacial score (nSPS) is 11.3. The quantitative estimate of drug-likeness (QED) is 0.565. The topological polar surface area (TPSA) is 9.23 Å². The summed E-state index contributed by atoms with van der Waals surface area (Å²) in [7, 11) is 0. The van der Waals surface area contributed by atoms with Gasteiger partial charge in [0.15, 0.2) is 0 Å². The van der Waals surface area contributed by atoms with Crippen LogP contribution < -0.4 is 0 Å². The summed E-state index contributed by atoms with van der Waals surface area (Å²) in [5.41, 5.74) is 1.04. The van der Waals surface area contributed by atoms with E-state index >= 15 is 0 Å². The third kappa shape index (κ3) is 6.44. The molecule has 0 saturated carbocycles. The SMILES string of the molecule is CCCCCCOC/C=C/c1ccc(Cl)c(Cl)c1. The van der Waals surface area contributed by atoms with Gasteiger partial charge in [0.05, 0.1) is 16.7 Å². The van der Waals surface area contributed by atoms with E-state index in [-0.39, 0.29) is 0 Å². The lowest BCUT2D eigenvalue weighted by molar-refractivity contribution is 0.157. The lowest BCUT2D eigenvalue weighted by Gasteiger charge is -2.01. The van der Waals surface area contributed by atoms with Crippen LogP contribution in [-0.2, 0) is 4.74 Å². The predicted molar refractivity (Wildman–Crippen MR) is 80.5 cm³/mol. The highest BCUT2D eigenvalue weighted by Crippen LogP contribution is 2.23. The molecule has 0 unspecified atom stereocenters. The molecule has 0 aromatic heterocycles. The Morgan fingerprint density at radius 2 is 1.94 bits per heavy atom. The van der Waals surface area contributed by atoms with Crippen LogP contribution in [0.4, 0.5) is 0 Å². The highest BCUT2D eigenvalue weighted by Gasteiger charge is 1.96. The molecule has 18 heavy (non-hydrogen) atoms. The number of unbranched alkanes of at least 4 members (excludes halogenated alkanes) is 3. The molecule has 0 bridgehead atoms. The Bertz CT molecular complexity index is 375. The number of rotatable bonds is 8. The molecule has 0 fully saturated rings. The zero-order chi connectivity index (χ0) is 13.2. The molecule has 0 aliphatic carbocycles. The number of benzene rings is 1. The fourth-order valence-corrected chi connectivity index (χ4v) is 1.89. The van der Waals surface area contributed by atoms with Gasteiger partial charge in [-0.1, -0.05) is 67.6 Å². The first-order valence-corrected chi connectivity index (χ1v) is 7.19. The van der Waals surface area contributed by atoms with Crippen molar-refractivity contribution in [2.24, 2.45) is 0 Å². The molecule has 0 aliphatic rings. The van der Waals surface area contributed by atoms with Crippen LogP contribution in [0.5, 0.6) is 0 Å². The number of hydrogen-bond donors (Lipinski definition) is 0. The average molecular weight is 287 g/mol. The minimum absolute atomic E-state index is 0.583. The van der Waals surface area contributed by atoms with Crippen LogP contribution in [0, 0.1) is 0 Å². The number of hydrogen-bond acceptors (Lipinski definition) is 1. The minimum Gasteiger partial charge on any atom is -0.377 e. The van der Waals surface area contributed by atoms with Gasteiger partial charge in [0.25, 0.3) is 0 Å². The number of ether oxygens (including phenoxy) is 1. The van der Waals surface area contributed by atoms with Gasteiger partial charge in [0.2, 0.25) is 0 Å². The summed E-state index contributed by atoms with van der Waals surface area (Å²) in [5, 5.41) is 1.17. The van der Waals surface area contributed by atoms with Gasteiger partial charge in [-0.05, 0) is 24.1 Å². The Morgan fingerprint density at radius 3 is 2.67 bits per heavy atom. The molecule has 0 heterocycles. The van der Waals surface area contributed by atoms with Gasteiger partial charge >= 0.3 is 0 Å². The summed E-state index contributed by atoms with van der Waals surface area (Å²) in [4.78, 5) is 0. The van der Waals surface area contributed by atoms with Crippen molar-refractivity contribution in [2.45, 2.75) is 32.6 Å². The Hall–Kier alpha value is -0.500. The highest BCUT2D eigenvalue weighted by molar-refractivity contribution is 6.42. The maximum absolute atomic E-state index is 5.93. The van der Waals surface area contributed by atoms with Crippen molar-refractivity contribution in [3.05, 3.63) is 39.9 Å². The van der Waals surface area contributed by atoms with E-state index in [1.807, 2.05) is 24.3 Å². The Morgan fingerprint density at radius 1 is 1.11 bits per heavy atom. The van der Waals surface area contributed by atoms with Crippen LogP contribution in [0.2, 0.25) is 10.0 Å². The highest BCUT2D eigenvalue weighted by atomic mass is 35.5. The zero-order valence-corrected chi connectivity index (χ0v) is 12.3. The van der Waals surface area contributed by atoms with E-state index in [9.17, 15) is 0 Å². The van der Waals surface area contributed by atoms with Gasteiger partial charge in [0, 0.05) is 6.61 Å². The number of halogens is 2. The maximum atomic E-state index is 5.93. The summed E-state index contributed by atoms with van der Waals surface area (Å²) >= 11 is 11.8. The minimum atomic E-state index is 0.583. The molecule has 0 atom stereocenters. The molecule has 0 aliphatic heterocycles. The molecule has 1 aromatic carbocycles. The van der Waals surface area contributed by atoms with Gasteiger partial charge in [0.1, 0.15) is 0 Å². The van der Waals surface area contributed by atoms with Crippen molar-refractivity contribution >= 4 is 29.3 Å². The molecule has 0 N–H and O–H groups in total. The predicted octanol–water partition coefficient (Wildman–Crippen LogP) is 5.60. The standard InChI is InChI=1S/C15H20Cl2O/c1-2-3-4-5-10-18-11-6-7-13-8-9-14(16)15(17)12-13/h6-9,12H,2-5,10-11H2,1H3/b7-6+. The van der Waals surface area contributed by atoms with E-state index in [4.69, 9.17) is 27.9 Å². The molecule has 3 heteroatoms. The Kier molecular flexibility index (Phi) is 8.15. The summed E-state index contributed by atoms with van der Waals surface area (Å²) in [6.45, 7) is 3.69. The van der Waals surface area contributed by atoms with Gasteiger partial charge < -0.3 is 4.74 Å². The summed E-state index contributed by atoms with van der Waals surface area (Å²) in [5.74, 6) is 0. The Labute approximate surface area is 120 Å². The van der Waals surface area contributed by atoms with Gasteiger partial charge in [-0.15, -0.1) is 0 Å². The zero-order valence-electron chi connectivity index (χ0n) is 10.8. The first-order valence-electron chi connectivity index (χ1n) is 6.43. The van der Waals surface area contributed by atoms with Gasteiger partial charge in [-0.3, -0.25) is 0 Å². The molecule has 0 spiro atoms. The lowest BCUT2D eigenvalue weighted by Crippen LogP contribution is -1.94. The van der Waals surface area contributed by atoms with Gasteiger partial charge in [-0.2, -0.15) is 0 Å². The van der Waals surface area contributed by atoms with E-state index in [2.05, 4.69) is 6.92 Å². The molecule has 0 radical (unpaired) electrons. The molecule has 100 valence electrons. The van der Waals surface area contributed by atoms with E-state index in [1.165, 1.54) is 19.3 Å². The second-order valence-electron chi connectivity index (χ2n) is 4.21. The third-order valence-corrected chi connectivity index (χ3v) is 3.35. The van der Waals surface area contributed by atoms with Crippen LogP contribution in [0.3, 0.4) is 0 Å². The second kappa shape index (κ2) is 9.43. The van der Waals surface area contributed by atoms with Crippen molar-refractivity contribution in [1.82, 2.24) is 0 Å². The largest absolute Gasteiger partial charge is 0.377 e. The molecular weight excluding hydrogens is 267 g/mol. The van der Waals surface area contributed by atoms with Crippen LogP contribution in [0.25, 0.3) is 6.08 Å². The van der Waals surface area contributed by atoms with Crippen LogP contribution in [0.1, 0.15) is 38.2 Å². The van der Waals surface area contributed by atoms with E-state index in [1.54, 1.807) is 6.07 Å². The summed E-state index contributed by atoms with van der Waals surface area (Å²) in [6, 6.07) is 5.59.